The van der Waals surface area contributed by atoms with Crippen LogP contribution in [0.4, 0.5) is 0 Å². The zero-order valence-electron chi connectivity index (χ0n) is 10.6. The van der Waals surface area contributed by atoms with Gasteiger partial charge in [0.2, 0.25) is 0 Å². The SMILES string of the molecule is CCNC(c1ncccc1Br)c1nccn1CC. The lowest BCUT2D eigenvalue weighted by Crippen LogP contribution is -2.26. The van der Waals surface area contributed by atoms with Gasteiger partial charge in [-0.2, -0.15) is 0 Å². The average Bonchev–Trinajstić information content (AvgIpc) is 2.85. The van der Waals surface area contributed by atoms with Crippen LogP contribution < -0.4 is 5.32 Å². The number of rotatable bonds is 5. The molecule has 1 atom stereocenters. The number of imidazole rings is 1. The molecule has 2 heterocycles. The van der Waals surface area contributed by atoms with E-state index < -0.39 is 0 Å². The Bertz CT molecular complexity index is 509. The highest BCUT2D eigenvalue weighted by molar-refractivity contribution is 9.10. The third-order valence-corrected chi connectivity index (χ3v) is 3.49. The van der Waals surface area contributed by atoms with Gasteiger partial charge in [0.1, 0.15) is 11.9 Å². The van der Waals surface area contributed by atoms with Crippen LogP contribution in [0.1, 0.15) is 31.4 Å². The normalized spacial score (nSPS) is 12.6. The molecular weight excluding hydrogens is 292 g/mol. The second-order valence-electron chi connectivity index (χ2n) is 3.93. The van der Waals surface area contributed by atoms with Gasteiger partial charge in [0.25, 0.3) is 0 Å². The van der Waals surface area contributed by atoms with E-state index in [1.807, 2.05) is 30.7 Å². The third-order valence-electron chi connectivity index (χ3n) is 2.82. The predicted molar refractivity (Wildman–Crippen MR) is 75.4 cm³/mol. The highest BCUT2D eigenvalue weighted by Crippen LogP contribution is 2.25. The van der Waals surface area contributed by atoms with Crippen molar-refractivity contribution in [1.29, 1.82) is 0 Å². The molecule has 96 valence electrons. The van der Waals surface area contributed by atoms with Crippen LogP contribution in [0, 0.1) is 0 Å². The summed E-state index contributed by atoms with van der Waals surface area (Å²) in [5.74, 6) is 0.999. The molecule has 0 aliphatic heterocycles. The van der Waals surface area contributed by atoms with Crippen LogP contribution >= 0.6 is 15.9 Å². The second kappa shape index (κ2) is 6.11. The molecule has 1 unspecified atom stereocenters. The minimum atomic E-state index is 0.0144. The number of nitrogens with one attached hydrogen (secondary N) is 1. The Hall–Kier alpha value is -1.20. The van der Waals surface area contributed by atoms with Gasteiger partial charge >= 0.3 is 0 Å². The highest BCUT2D eigenvalue weighted by atomic mass is 79.9. The van der Waals surface area contributed by atoms with E-state index in [-0.39, 0.29) is 6.04 Å². The van der Waals surface area contributed by atoms with Crippen LogP contribution in [0.5, 0.6) is 0 Å². The maximum absolute atomic E-state index is 4.47. The molecule has 0 spiro atoms. The van der Waals surface area contributed by atoms with E-state index >= 15 is 0 Å². The average molecular weight is 309 g/mol. The fourth-order valence-electron chi connectivity index (χ4n) is 1.97. The molecule has 0 aromatic carbocycles. The summed E-state index contributed by atoms with van der Waals surface area (Å²) in [5, 5.41) is 3.44. The van der Waals surface area contributed by atoms with Crippen molar-refractivity contribution in [2.75, 3.05) is 6.54 Å². The largest absolute Gasteiger partial charge is 0.334 e. The van der Waals surface area contributed by atoms with Crippen molar-refractivity contribution in [1.82, 2.24) is 19.9 Å². The molecule has 2 rings (SSSR count). The molecule has 2 aromatic heterocycles. The van der Waals surface area contributed by atoms with Gasteiger partial charge in [-0.1, -0.05) is 6.92 Å². The molecule has 0 fully saturated rings. The number of hydrogen-bond acceptors (Lipinski definition) is 3. The molecule has 18 heavy (non-hydrogen) atoms. The quantitative estimate of drug-likeness (QED) is 0.923. The highest BCUT2D eigenvalue weighted by Gasteiger charge is 2.21. The van der Waals surface area contributed by atoms with Gasteiger partial charge in [-0.25, -0.2) is 4.98 Å². The van der Waals surface area contributed by atoms with Crippen LogP contribution in [0.2, 0.25) is 0 Å². The van der Waals surface area contributed by atoms with Crippen LogP contribution in [-0.4, -0.2) is 21.1 Å². The summed E-state index contributed by atoms with van der Waals surface area (Å²) in [4.78, 5) is 8.93. The third kappa shape index (κ3) is 2.62. The molecule has 5 heteroatoms. The van der Waals surface area contributed by atoms with Gasteiger partial charge in [0.05, 0.1) is 5.69 Å². The molecule has 0 radical (unpaired) electrons. The monoisotopic (exact) mass is 308 g/mol. The van der Waals surface area contributed by atoms with E-state index in [1.165, 1.54) is 0 Å². The lowest BCUT2D eigenvalue weighted by Gasteiger charge is -2.19. The summed E-state index contributed by atoms with van der Waals surface area (Å²) in [7, 11) is 0. The van der Waals surface area contributed by atoms with E-state index in [4.69, 9.17) is 0 Å². The smallest absolute Gasteiger partial charge is 0.132 e. The maximum atomic E-state index is 4.47. The summed E-state index contributed by atoms with van der Waals surface area (Å²) in [5.41, 5.74) is 0.972. The molecule has 0 saturated carbocycles. The van der Waals surface area contributed by atoms with Gasteiger partial charge in [-0.15, -0.1) is 0 Å². The predicted octanol–water partition coefficient (Wildman–Crippen LogP) is 2.76. The minimum Gasteiger partial charge on any atom is -0.334 e. The Balaban J connectivity index is 2.43. The van der Waals surface area contributed by atoms with Crippen molar-refractivity contribution in [3.63, 3.8) is 0 Å². The van der Waals surface area contributed by atoms with E-state index in [2.05, 4.69) is 49.6 Å². The summed E-state index contributed by atoms with van der Waals surface area (Å²) in [6.07, 6.45) is 5.64. The number of hydrogen-bond donors (Lipinski definition) is 1. The zero-order chi connectivity index (χ0) is 13.0. The standard InChI is InChI=1S/C13H17BrN4/c1-3-15-12(11-10(14)6-5-7-16-11)13-17-8-9-18(13)4-2/h5-9,12,15H,3-4H2,1-2H3. The van der Waals surface area contributed by atoms with Crippen molar-refractivity contribution in [2.24, 2.45) is 0 Å². The van der Waals surface area contributed by atoms with Gasteiger partial charge in [-0.05, 0) is 41.5 Å². The number of halogens is 1. The Morgan fingerprint density at radius 3 is 2.83 bits per heavy atom. The lowest BCUT2D eigenvalue weighted by molar-refractivity contribution is 0.547. The van der Waals surface area contributed by atoms with E-state index in [1.54, 1.807) is 0 Å². The molecule has 0 amide bonds. The first-order chi connectivity index (χ1) is 8.77. The van der Waals surface area contributed by atoms with E-state index in [0.29, 0.717) is 0 Å². The molecule has 0 bridgehead atoms. The fourth-order valence-corrected chi connectivity index (χ4v) is 2.46. The van der Waals surface area contributed by atoms with Crippen LogP contribution in [0.25, 0.3) is 0 Å². The number of aryl methyl sites for hydroxylation is 1. The van der Waals surface area contributed by atoms with Crippen molar-refractivity contribution in [3.8, 4) is 0 Å². The molecule has 2 aromatic rings. The molecular formula is C13H17BrN4. The van der Waals surface area contributed by atoms with Crippen molar-refractivity contribution in [3.05, 3.63) is 46.7 Å². The Kier molecular flexibility index (Phi) is 4.49. The lowest BCUT2D eigenvalue weighted by atomic mass is 10.1. The Morgan fingerprint density at radius 2 is 2.17 bits per heavy atom. The van der Waals surface area contributed by atoms with Gasteiger partial charge in [0, 0.05) is 29.6 Å². The van der Waals surface area contributed by atoms with Gasteiger partial charge in [0.15, 0.2) is 0 Å². The molecule has 4 nitrogen and oxygen atoms in total. The van der Waals surface area contributed by atoms with Crippen molar-refractivity contribution >= 4 is 15.9 Å². The number of pyridine rings is 1. The summed E-state index contributed by atoms with van der Waals surface area (Å²) >= 11 is 3.56. The first-order valence-electron chi connectivity index (χ1n) is 6.12. The maximum Gasteiger partial charge on any atom is 0.132 e. The molecule has 0 saturated heterocycles. The summed E-state index contributed by atoms with van der Waals surface area (Å²) in [6.45, 7) is 5.97. The van der Waals surface area contributed by atoms with Crippen LogP contribution in [-0.2, 0) is 6.54 Å². The molecule has 0 aliphatic rings. The van der Waals surface area contributed by atoms with Crippen LogP contribution in [0.3, 0.4) is 0 Å². The number of aromatic nitrogens is 3. The van der Waals surface area contributed by atoms with Gasteiger partial charge < -0.3 is 9.88 Å². The Labute approximate surface area is 116 Å². The summed E-state index contributed by atoms with van der Waals surface area (Å²) < 4.78 is 3.13. The van der Waals surface area contributed by atoms with Gasteiger partial charge in [-0.3, -0.25) is 4.98 Å². The Morgan fingerprint density at radius 1 is 1.33 bits per heavy atom. The topological polar surface area (TPSA) is 42.7 Å². The fraction of sp³-hybridized carbons (Fsp3) is 0.385. The zero-order valence-corrected chi connectivity index (χ0v) is 12.2. The molecule has 0 aliphatic carbocycles. The van der Waals surface area contributed by atoms with Crippen molar-refractivity contribution in [2.45, 2.75) is 26.4 Å². The van der Waals surface area contributed by atoms with Crippen molar-refractivity contribution < 1.29 is 0 Å². The van der Waals surface area contributed by atoms with E-state index in [9.17, 15) is 0 Å². The molecule has 1 N–H and O–H groups in total. The summed E-state index contributed by atoms with van der Waals surface area (Å²) in [6, 6.07) is 3.94. The first kappa shape index (κ1) is 13.2. The first-order valence-corrected chi connectivity index (χ1v) is 6.92. The number of nitrogens with zero attached hydrogens (tertiary/aromatic N) is 3. The van der Waals surface area contributed by atoms with Crippen LogP contribution in [0.15, 0.2) is 35.2 Å². The minimum absolute atomic E-state index is 0.0144. The second-order valence-corrected chi connectivity index (χ2v) is 4.79. The van der Waals surface area contributed by atoms with E-state index in [0.717, 1.165) is 29.1 Å².